The molecule has 1 aromatic heterocycles. The second kappa shape index (κ2) is 8.51. The molecule has 4 rings (SSSR count). The van der Waals surface area contributed by atoms with Crippen molar-refractivity contribution in [2.75, 3.05) is 51.6 Å². The minimum absolute atomic E-state index is 0.0330. The van der Waals surface area contributed by atoms with E-state index in [1.165, 1.54) is 9.60 Å². The highest BCUT2D eigenvalue weighted by atomic mass is 32.2. The summed E-state index contributed by atoms with van der Waals surface area (Å²) in [5.74, 6) is 1.02. The molecule has 2 heterocycles. The second-order valence-electron chi connectivity index (χ2n) is 6.62. The van der Waals surface area contributed by atoms with Crippen LogP contribution in [-0.2, 0) is 0 Å². The molecule has 1 amide bonds. The van der Waals surface area contributed by atoms with Gasteiger partial charge in [0, 0.05) is 31.1 Å². The van der Waals surface area contributed by atoms with Crippen molar-refractivity contribution < 1.29 is 14.3 Å². The molecule has 0 N–H and O–H groups in total. The Balaban J connectivity index is 1.49. The first-order valence-electron chi connectivity index (χ1n) is 9.35. The average molecular weight is 430 g/mol. The van der Waals surface area contributed by atoms with Crippen LogP contribution in [0.2, 0.25) is 0 Å². The number of methoxy groups -OCH3 is 2. The number of carbonyl (C=O) groups excluding carboxylic acids is 1. The number of amides is 1. The molecule has 2 aromatic carbocycles. The topological polar surface area (TPSA) is 54.9 Å². The maximum absolute atomic E-state index is 13.1. The number of piperazine rings is 1. The number of aromatic nitrogens is 1. The maximum atomic E-state index is 13.1. The third-order valence-corrected chi connectivity index (χ3v) is 6.91. The lowest BCUT2D eigenvalue weighted by Crippen LogP contribution is -2.48. The zero-order valence-corrected chi connectivity index (χ0v) is 18.3. The van der Waals surface area contributed by atoms with E-state index in [9.17, 15) is 4.79 Å². The lowest BCUT2D eigenvalue weighted by atomic mass is 10.1. The van der Waals surface area contributed by atoms with Crippen LogP contribution in [-0.4, -0.2) is 62.4 Å². The molecule has 0 spiro atoms. The highest BCUT2D eigenvalue weighted by Crippen LogP contribution is 2.35. The van der Waals surface area contributed by atoms with Gasteiger partial charge in [-0.05, 0) is 30.5 Å². The van der Waals surface area contributed by atoms with Gasteiger partial charge in [-0.2, -0.15) is 0 Å². The number of hydrogen-bond donors (Lipinski definition) is 0. The van der Waals surface area contributed by atoms with Gasteiger partial charge in [-0.15, -0.1) is 11.8 Å². The fraction of sp³-hybridized carbons (Fsp3) is 0.333. The SMILES string of the molecule is COc1cccc(C(=O)N2CCN(c3nc4c(SC)cccc4s3)CC2)c1OC. The fourth-order valence-electron chi connectivity index (χ4n) is 3.54. The lowest BCUT2D eigenvalue weighted by Gasteiger charge is -2.34. The largest absolute Gasteiger partial charge is 0.493 e. The first kappa shape index (κ1) is 19.8. The number of anilines is 1. The third kappa shape index (κ3) is 3.74. The molecule has 0 atom stereocenters. The van der Waals surface area contributed by atoms with Gasteiger partial charge < -0.3 is 19.3 Å². The van der Waals surface area contributed by atoms with E-state index in [0.717, 1.165) is 23.7 Å². The molecule has 29 heavy (non-hydrogen) atoms. The number of benzene rings is 2. The number of ether oxygens (including phenoxy) is 2. The van der Waals surface area contributed by atoms with Gasteiger partial charge in [-0.3, -0.25) is 4.79 Å². The summed E-state index contributed by atoms with van der Waals surface area (Å²) in [6.45, 7) is 2.80. The Kier molecular flexibility index (Phi) is 5.82. The number of thioether (sulfide) groups is 1. The Bertz CT molecular complexity index is 1030. The van der Waals surface area contributed by atoms with Crippen LogP contribution in [0.25, 0.3) is 10.2 Å². The maximum Gasteiger partial charge on any atom is 0.257 e. The fourth-order valence-corrected chi connectivity index (χ4v) is 5.21. The highest BCUT2D eigenvalue weighted by molar-refractivity contribution is 7.98. The average Bonchev–Trinajstić information content (AvgIpc) is 3.22. The quantitative estimate of drug-likeness (QED) is 0.572. The Morgan fingerprint density at radius 2 is 1.83 bits per heavy atom. The van der Waals surface area contributed by atoms with Crippen molar-refractivity contribution in [1.29, 1.82) is 0 Å². The summed E-state index contributed by atoms with van der Waals surface area (Å²) in [7, 11) is 3.13. The van der Waals surface area contributed by atoms with Crippen LogP contribution in [0.5, 0.6) is 11.5 Å². The number of hydrogen-bond acceptors (Lipinski definition) is 7. The van der Waals surface area contributed by atoms with Crippen molar-refractivity contribution in [2.24, 2.45) is 0 Å². The van der Waals surface area contributed by atoms with E-state index in [-0.39, 0.29) is 5.91 Å². The van der Waals surface area contributed by atoms with Gasteiger partial charge in [0.25, 0.3) is 5.91 Å². The minimum atomic E-state index is -0.0330. The van der Waals surface area contributed by atoms with Crippen LogP contribution in [0, 0.1) is 0 Å². The summed E-state index contributed by atoms with van der Waals surface area (Å²) in [6.07, 6.45) is 2.07. The summed E-state index contributed by atoms with van der Waals surface area (Å²) in [5, 5.41) is 1.02. The van der Waals surface area contributed by atoms with Gasteiger partial charge in [-0.1, -0.05) is 23.5 Å². The van der Waals surface area contributed by atoms with Crippen LogP contribution in [0.4, 0.5) is 5.13 Å². The van der Waals surface area contributed by atoms with Crippen LogP contribution in [0.1, 0.15) is 10.4 Å². The molecule has 152 valence electrons. The number of thiazole rings is 1. The summed E-state index contributed by atoms with van der Waals surface area (Å²) >= 11 is 3.43. The van der Waals surface area contributed by atoms with E-state index in [0.29, 0.717) is 30.2 Å². The molecule has 6 nitrogen and oxygen atoms in total. The number of para-hydroxylation sites is 2. The van der Waals surface area contributed by atoms with Gasteiger partial charge >= 0.3 is 0 Å². The molecule has 0 aliphatic carbocycles. The Morgan fingerprint density at radius 1 is 1.07 bits per heavy atom. The van der Waals surface area contributed by atoms with Crippen molar-refractivity contribution in [2.45, 2.75) is 4.90 Å². The lowest BCUT2D eigenvalue weighted by molar-refractivity contribution is 0.0742. The van der Waals surface area contributed by atoms with E-state index in [1.807, 2.05) is 11.0 Å². The van der Waals surface area contributed by atoms with Gasteiger partial charge in [0.15, 0.2) is 16.6 Å². The molecule has 1 aliphatic heterocycles. The highest BCUT2D eigenvalue weighted by Gasteiger charge is 2.27. The molecular weight excluding hydrogens is 406 g/mol. The third-order valence-electron chi connectivity index (χ3n) is 5.06. The molecule has 1 aliphatic rings. The molecule has 0 saturated carbocycles. The first-order valence-corrected chi connectivity index (χ1v) is 11.4. The van der Waals surface area contributed by atoms with E-state index in [2.05, 4.69) is 29.4 Å². The zero-order valence-electron chi connectivity index (χ0n) is 16.7. The number of rotatable bonds is 5. The Morgan fingerprint density at radius 3 is 2.52 bits per heavy atom. The molecule has 3 aromatic rings. The molecule has 1 fully saturated rings. The monoisotopic (exact) mass is 429 g/mol. The summed E-state index contributed by atoms with van der Waals surface area (Å²) in [5.41, 5.74) is 1.60. The molecule has 0 bridgehead atoms. The number of carbonyl (C=O) groups is 1. The van der Waals surface area contributed by atoms with Crippen molar-refractivity contribution in [1.82, 2.24) is 9.88 Å². The normalized spacial score (nSPS) is 14.3. The molecule has 0 radical (unpaired) electrons. The van der Waals surface area contributed by atoms with Crippen molar-refractivity contribution in [3.05, 3.63) is 42.0 Å². The molecule has 1 saturated heterocycles. The first-order chi connectivity index (χ1) is 14.2. The summed E-state index contributed by atoms with van der Waals surface area (Å²) in [4.78, 5) is 23.3. The molecular formula is C21H23N3O3S2. The van der Waals surface area contributed by atoms with Crippen LogP contribution in [0.3, 0.4) is 0 Å². The van der Waals surface area contributed by atoms with Crippen molar-refractivity contribution in [3.8, 4) is 11.5 Å². The number of nitrogens with zero attached hydrogens (tertiary/aromatic N) is 3. The van der Waals surface area contributed by atoms with Gasteiger partial charge in [0.1, 0.15) is 0 Å². The van der Waals surface area contributed by atoms with E-state index in [1.54, 1.807) is 49.5 Å². The van der Waals surface area contributed by atoms with Gasteiger partial charge in [0.2, 0.25) is 0 Å². The molecule has 0 unspecified atom stereocenters. The zero-order chi connectivity index (χ0) is 20.4. The van der Waals surface area contributed by atoms with Crippen LogP contribution >= 0.6 is 23.1 Å². The number of fused-ring (bicyclic) bond motifs is 1. The Labute approximate surface area is 178 Å². The minimum Gasteiger partial charge on any atom is -0.493 e. The smallest absolute Gasteiger partial charge is 0.257 e. The standard InChI is InChI=1S/C21H23N3O3S2/c1-26-15-7-4-6-14(19(15)27-2)20(25)23-10-12-24(13-11-23)21-22-18-16(28-3)8-5-9-17(18)29-21/h4-9H,10-13H2,1-3H3. The second-order valence-corrected chi connectivity index (χ2v) is 8.48. The Hall–Kier alpha value is -2.45. The van der Waals surface area contributed by atoms with Gasteiger partial charge in [0.05, 0.1) is 30.0 Å². The van der Waals surface area contributed by atoms with Gasteiger partial charge in [-0.25, -0.2) is 4.98 Å². The van der Waals surface area contributed by atoms with Crippen LogP contribution < -0.4 is 14.4 Å². The predicted octanol–water partition coefficient (Wildman–Crippen LogP) is 4.00. The van der Waals surface area contributed by atoms with E-state index >= 15 is 0 Å². The van der Waals surface area contributed by atoms with Crippen LogP contribution in [0.15, 0.2) is 41.3 Å². The van der Waals surface area contributed by atoms with E-state index < -0.39 is 0 Å². The summed E-state index contributed by atoms with van der Waals surface area (Å²) < 4.78 is 12.0. The van der Waals surface area contributed by atoms with Crippen molar-refractivity contribution >= 4 is 44.4 Å². The van der Waals surface area contributed by atoms with E-state index in [4.69, 9.17) is 14.5 Å². The molecule has 8 heteroatoms. The predicted molar refractivity (Wildman–Crippen MR) is 119 cm³/mol. The van der Waals surface area contributed by atoms with Crippen molar-refractivity contribution in [3.63, 3.8) is 0 Å². The summed E-state index contributed by atoms with van der Waals surface area (Å²) in [6, 6.07) is 11.7.